The smallest absolute Gasteiger partial charge is 0.203 e. The molecular weight excluding hydrogens is 464 g/mol. The van der Waals surface area contributed by atoms with Crippen LogP contribution in [0.15, 0.2) is 71.9 Å². The Morgan fingerprint density at radius 2 is 1.49 bits per heavy atom. The maximum absolute atomic E-state index is 13.7. The van der Waals surface area contributed by atoms with Gasteiger partial charge in [0, 0.05) is 22.7 Å². The fourth-order valence-electron chi connectivity index (χ4n) is 4.97. The predicted octanol–water partition coefficient (Wildman–Crippen LogP) is 6.35. The van der Waals surface area contributed by atoms with E-state index in [-0.39, 0.29) is 17.7 Å². The van der Waals surface area contributed by atoms with Gasteiger partial charge >= 0.3 is 0 Å². The van der Waals surface area contributed by atoms with Gasteiger partial charge in [-0.25, -0.2) is 0 Å². The molecule has 0 unspecified atom stereocenters. The van der Waals surface area contributed by atoms with Crippen molar-refractivity contribution in [3.05, 3.63) is 88.1 Å². The fourth-order valence-corrected chi connectivity index (χ4v) is 5.10. The van der Waals surface area contributed by atoms with E-state index in [1.165, 1.54) is 0 Å². The number of methoxy groups -OCH3 is 3. The molecule has 0 spiro atoms. The lowest BCUT2D eigenvalue weighted by atomic mass is 9.78. The van der Waals surface area contributed by atoms with Crippen LogP contribution in [0.25, 0.3) is 0 Å². The SMILES string of the molecule is COc1cc([C@@H]2CC(=O)C3=C(C2)Nc2ccccc2N[C@H]3c2ccc(Cl)cc2)cc(OC)c1OC. The standard InChI is InChI=1S/C28H27ClN2O4/c1-33-24-14-18(15-25(34-2)28(24)35-3)17-12-22-26(23(32)13-17)27(16-8-10-19(29)11-9-16)31-21-7-5-4-6-20(21)30-22/h4-11,14-15,17,27,30-31H,12-13H2,1-3H3/t17-,27-/m0/s1. The molecule has 3 aromatic carbocycles. The van der Waals surface area contributed by atoms with Crippen LogP contribution in [-0.2, 0) is 4.79 Å². The van der Waals surface area contributed by atoms with Gasteiger partial charge in [0.1, 0.15) is 0 Å². The maximum Gasteiger partial charge on any atom is 0.203 e. The molecule has 180 valence electrons. The van der Waals surface area contributed by atoms with Gasteiger partial charge in [-0.3, -0.25) is 4.79 Å². The number of hydrogen-bond donors (Lipinski definition) is 2. The summed E-state index contributed by atoms with van der Waals surface area (Å²) in [6.07, 6.45) is 1.04. The molecule has 1 aliphatic carbocycles. The lowest BCUT2D eigenvalue weighted by Gasteiger charge is -2.30. The zero-order chi connectivity index (χ0) is 24.5. The first kappa shape index (κ1) is 23.1. The van der Waals surface area contributed by atoms with Crippen molar-refractivity contribution in [3.8, 4) is 17.2 Å². The Morgan fingerprint density at radius 1 is 0.829 bits per heavy atom. The first-order valence-electron chi connectivity index (χ1n) is 11.5. The van der Waals surface area contributed by atoms with E-state index < -0.39 is 0 Å². The molecule has 0 radical (unpaired) electrons. The summed E-state index contributed by atoms with van der Waals surface area (Å²) in [6.45, 7) is 0. The third kappa shape index (κ3) is 4.30. The number of halogens is 1. The van der Waals surface area contributed by atoms with Crippen LogP contribution in [0.5, 0.6) is 17.2 Å². The Kier molecular flexibility index (Phi) is 6.31. The molecule has 1 aliphatic heterocycles. The van der Waals surface area contributed by atoms with Gasteiger partial charge in [-0.2, -0.15) is 0 Å². The summed E-state index contributed by atoms with van der Waals surface area (Å²) in [5, 5.41) is 7.82. The number of Topliss-reactive ketones (excluding diaryl/α,β-unsaturated/α-hetero) is 1. The molecule has 35 heavy (non-hydrogen) atoms. The number of ether oxygens (including phenoxy) is 3. The van der Waals surface area contributed by atoms with Crippen LogP contribution in [0.4, 0.5) is 11.4 Å². The van der Waals surface area contributed by atoms with Crippen molar-refractivity contribution in [1.29, 1.82) is 0 Å². The summed E-state index contributed by atoms with van der Waals surface area (Å²) in [5.74, 6) is 1.74. The number of carbonyl (C=O) groups is 1. The van der Waals surface area contributed by atoms with Gasteiger partial charge in [-0.1, -0.05) is 35.9 Å². The van der Waals surface area contributed by atoms with Crippen molar-refractivity contribution in [2.45, 2.75) is 24.8 Å². The molecule has 0 aromatic heterocycles. The minimum atomic E-state index is -0.285. The van der Waals surface area contributed by atoms with Crippen molar-refractivity contribution in [2.75, 3.05) is 32.0 Å². The Balaban J connectivity index is 1.59. The third-order valence-electron chi connectivity index (χ3n) is 6.67. The Morgan fingerprint density at radius 3 is 2.11 bits per heavy atom. The first-order chi connectivity index (χ1) is 17.0. The number of allylic oxidation sites excluding steroid dienone is 1. The summed E-state index contributed by atoms with van der Waals surface area (Å²) < 4.78 is 16.6. The summed E-state index contributed by atoms with van der Waals surface area (Å²) >= 11 is 6.15. The number of rotatable bonds is 5. The maximum atomic E-state index is 13.7. The van der Waals surface area contributed by atoms with Crippen LogP contribution in [-0.4, -0.2) is 27.1 Å². The number of carbonyl (C=O) groups excluding carboxylic acids is 1. The molecular formula is C28H27ClN2O4. The van der Waals surface area contributed by atoms with E-state index in [1.807, 2.05) is 60.7 Å². The predicted molar refractivity (Wildman–Crippen MR) is 138 cm³/mol. The van der Waals surface area contributed by atoms with Crippen LogP contribution in [0.3, 0.4) is 0 Å². The van der Waals surface area contributed by atoms with E-state index in [4.69, 9.17) is 25.8 Å². The van der Waals surface area contributed by atoms with Gasteiger partial charge < -0.3 is 24.8 Å². The van der Waals surface area contributed by atoms with E-state index in [2.05, 4.69) is 10.6 Å². The van der Waals surface area contributed by atoms with Gasteiger partial charge in [0.2, 0.25) is 5.75 Å². The highest BCUT2D eigenvalue weighted by molar-refractivity contribution is 6.30. The minimum Gasteiger partial charge on any atom is -0.493 e. The zero-order valence-electron chi connectivity index (χ0n) is 19.9. The van der Waals surface area contributed by atoms with E-state index in [0.29, 0.717) is 35.1 Å². The molecule has 2 atom stereocenters. The topological polar surface area (TPSA) is 68.8 Å². The number of fused-ring (bicyclic) bond motifs is 1. The molecule has 0 amide bonds. The van der Waals surface area contributed by atoms with E-state index >= 15 is 0 Å². The summed E-state index contributed by atoms with van der Waals surface area (Å²) in [4.78, 5) is 13.7. The lowest BCUT2D eigenvalue weighted by molar-refractivity contribution is -0.116. The molecule has 3 aromatic rings. The normalized spacial score (nSPS) is 19.0. The average Bonchev–Trinajstić information content (AvgIpc) is 3.05. The van der Waals surface area contributed by atoms with Crippen LogP contribution in [0.1, 0.15) is 35.9 Å². The van der Waals surface area contributed by atoms with Gasteiger partial charge in [-0.15, -0.1) is 0 Å². The molecule has 0 saturated carbocycles. The van der Waals surface area contributed by atoms with E-state index in [9.17, 15) is 4.79 Å². The monoisotopic (exact) mass is 490 g/mol. The van der Waals surface area contributed by atoms with Crippen molar-refractivity contribution >= 4 is 28.8 Å². The largest absolute Gasteiger partial charge is 0.493 e. The van der Waals surface area contributed by atoms with Crippen LogP contribution >= 0.6 is 11.6 Å². The van der Waals surface area contributed by atoms with Gasteiger partial charge in [0.25, 0.3) is 0 Å². The second-order valence-corrected chi connectivity index (χ2v) is 9.12. The number of para-hydroxylation sites is 2. The Hall–Kier alpha value is -3.64. The summed E-state index contributed by atoms with van der Waals surface area (Å²) in [5.41, 5.74) is 5.51. The van der Waals surface area contributed by atoms with Crippen molar-refractivity contribution in [2.24, 2.45) is 0 Å². The molecule has 1 heterocycles. The van der Waals surface area contributed by atoms with E-state index in [1.54, 1.807) is 21.3 Å². The summed E-state index contributed by atoms with van der Waals surface area (Å²) in [6, 6.07) is 19.2. The summed E-state index contributed by atoms with van der Waals surface area (Å²) in [7, 11) is 4.78. The molecule has 5 rings (SSSR count). The lowest BCUT2D eigenvalue weighted by Crippen LogP contribution is -2.26. The molecule has 7 heteroatoms. The molecule has 0 bridgehead atoms. The number of hydrogen-bond acceptors (Lipinski definition) is 6. The molecule has 6 nitrogen and oxygen atoms in total. The van der Waals surface area contributed by atoms with E-state index in [0.717, 1.165) is 33.8 Å². The third-order valence-corrected chi connectivity index (χ3v) is 6.92. The number of anilines is 2. The van der Waals surface area contributed by atoms with Gasteiger partial charge in [-0.05, 0) is 59.9 Å². The molecule has 0 saturated heterocycles. The fraction of sp³-hybridized carbons (Fsp3) is 0.250. The molecule has 0 fully saturated rings. The second-order valence-electron chi connectivity index (χ2n) is 8.68. The highest BCUT2D eigenvalue weighted by atomic mass is 35.5. The van der Waals surface area contributed by atoms with Crippen molar-refractivity contribution in [3.63, 3.8) is 0 Å². The quantitative estimate of drug-likeness (QED) is 0.434. The first-order valence-corrected chi connectivity index (χ1v) is 11.8. The van der Waals surface area contributed by atoms with Crippen LogP contribution in [0.2, 0.25) is 5.02 Å². The highest BCUT2D eigenvalue weighted by Gasteiger charge is 2.36. The van der Waals surface area contributed by atoms with Gasteiger partial charge in [0.15, 0.2) is 17.3 Å². The Labute approximate surface area is 209 Å². The van der Waals surface area contributed by atoms with Crippen molar-refractivity contribution in [1.82, 2.24) is 0 Å². The van der Waals surface area contributed by atoms with Crippen molar-refractivity contribution < 1.29 is 19.0 Å². The van der Waals surface area contributed by atoms with Crippen LogP contribution in [0, 0.1) is 0 Å². The Bertz CT molecular complexity index is 1280. The van der Waals surface area contributed by atoms with Gasteiger partial charge in [0.05, 0.1) is 38.7 Å². The molecule has 2 aliphatic rings. The zero-order valence-corrected chi connectivity index (χ0v) is 20.6. The second kappa shape index (κ2) is 9.55. The number of ketones is 1. The minimum absolute atomic E-state index is 0.0430. The number of nitrogens with one attached hydrogen (secondary N) is 2. The van der Waals surface area contributed by atoms with Crippen LogP contribution < -0.4 is 24.8 Å². The molecule has 2 N–H and O–H groups in total. The number of benzene rings is 3. The average molecular weight is 491 g/mol. The highest BCUT2D eigenvalue weighted by Crippen LogP contribution is 2.47.